The van der Waals surface area contributed by atoms with E-state index >= 15 is 0 Å². The number of non-ortho nitro benzene ring substituents is 1. The number of pyridine rings is 1. The normalized spacial score (nSPS) is 10.6. The number of ether oxygens (including phenoxy) is 1. The predicted molar refractivity (Wildman–Crippen MR) is 71.8 cm³/mol. The van der Waals surface area contributed by atoms with Crippen LogP contribution in [0.25, 0.3) is 10.9 Å². The van der Waals surface area contributed by atoms with Gasteiger partial charge in [-0.1, -0.05) is 13.3 Å². The molecule has 6 nitrogen and oxygen atoms in total. The molecule has 100 valence electrons. The van der Waals surface area contributed by atoms with Crippen molar-refractivity contribution in [2.24, 2.45) is 0 Å². The molecule has 2 rings (SSSR count). The summed E-state index contributed by atoms with van der Waals surface area (Å²) in [5.41, 5.74) is 0.825. The van der Waals surface area contributed by atoms with E-state index in [2.05, 4.69) is 4.98 Å². The van der Waals surface area contributed by atoms with Gasteiger partial charge in [-0.3, -0.25) is 14.9 Å². The van der Waals surface area contributed by atoms with Gasteiger partial charge in [0, 0.05) is 17.5 Å². The molecule has 6 heteroatoms. The molecular weight excluding hydrogens is 248 g/mol. The Morgan fingerprint density at radius 3 is 2.74 bits per heavy atom. The van der Waals surface area contributed by atoms with E-state index < -0.39 is 4.92 Å². The first-order valence-electron chi connectivity index (χ1n) is 5.95. The maximum Gasteiger partial charge on any atom is 0.270 e. The zero-order valence-electron chi connectivity index (χ0n) is 10.7. The molecule has 0 atom stereocenters. The van der Waals surface area contributed by atoms with E-state index in [0.717, 1.165) is 6.42 Å². The highest BCUT2D eigenvalue weighted by atomic mass is 16.6. The summed E-state index contributed by atoms with van der Waals surface area (Å²) >= 11 is 0. The molecule has 0 aliphatic rings. The fraction of sp³-hybridized carbons (Fsp3) is 0.308. The molecule has 1 aromatic carbocycles. The second-order valence-corrected chi connectivity index (χ2v) is 4.20. The standard InChI is InChI=1S/C13H14N2O4/c1-3-4-9-12(19-2)10-7-8(15(17)18)5-6-11(10)14-13(9)16/h5-7H,3-4H2,1-2H3,(H,14,16). The molecule has 0 aliphatic heterocycles. The maximum absolute atomic E-state index is 12.0. The van der Waals surface area contributed by atoms with Crippen LogP contribution in [-0.4, -0.2) is 17.0 Å². The van der Waals surface area contributed by atoms with Gasteiger partial charge in [-0.05, 0) is 12.5 Å². The molecule has 1 N–H and O–H groups in total. The number of aromatic amines is 1. The highest BCUT2D eigenvalue weighted by molar-refractivity contribution is 5.88. The number of hydrogen-bond acceptors (Lipinski definition) is 4. The van der Waals surface area contributed by atoms with Crippen LogP contribution in [0.2, 0.25) is 0 Å². The van der Waals surface area contributed by atoms with Crippen molar-refractivity contribution < 1.29 is 9.66 Å². The minimum absolute atomic E-state index is 0.0275. The molecule has 1 heterocycles. The van der Waals surface area contributed by atoms with Crippen molar-refractivity contribution in [1.82, 2.24) is 4.98 Å². The molecule has 19 heavy (non-hydrogen) atoms. The number of nitrogens with one attached hydrogen (secondary N) is 1. The molecule has 0 radical (unpaired) electrons. The van der Waals surface area contributed by atoms with Gasteiger partial charge in [0.2, 0.25) is 0 Å². The summed E-state index contributed by atoms with van der Waals surface area (Å²) in [5, 5.41) is 11.4. The molecule has 0 amide bonds. The number of fused-ring (bicyclic) bond motifs is 1. The minimum Gasteiger partial charge on any atom is -0.496 e. The lowest BCUT2D eigenvalue weighted by Gasteiger charge is -2.10. The highest BCUT2D eigenvalue weighted by Gasteiger charge is 2.15. The van der Waals surface area contributed by atoms with E-state index in [-0.39, 0.29) is 11.2 Å². The molecule has 1 aromatic heterocycles. The van der Waals surface area contributed by atoms with Gasteiger partial charge >= 0.3 is 0 Å². The number of H-pyrrole nitrogens is 1. The van der Waals surface area contributed by atoms with Gasteiger partial charge in [0.1, 0.15) is 5.75 Å². The van der Waals surface area contributed by atoms with Crippen molar-refractivity contribution >= 4 is 16.6 Å². The van der Waals surface area contributed by atoms with Crippen LogP contribution >= 0.6 is 0 Å². The summed E-state index contributed by atoms with van der Waals surface area (Å²) in [7, 11) is 1.46. The van der Waals surface area contributed by atoms with Gasteiger partial charge < -0.3 is 9.72 Å². The number of nitro benzene ring substituents is 1. The van der Waals surface area contributed by atoms with Gasteiger partial charge in [0.15, 0.2) is 0 Å². The molecule has 0 fully saturated rings. The quantitative estimate of drug-likeness (QED) is 0.677. The average molecular weight is 262 g/mol. The van der Waals surface area contributed by atoms with Crippen molar-refractivity contribution in [3.8, 4) is 5.75 Å². The summed E-state index contributed by atoms with van der Waals surface area (Å²) < 4.78 is 5.28. The van der Waals surface area contributed by atoms with Crippen LogP contribution in [0, 0.1) is 10.1 Å². The number of methoxy groups -OCH3 is 1. The van der Waals surface area contributed by atoms with Crippen LogP contribution in [0.1, 0.15) is 18.9 Å². The first-order chi connectivity index (χ1) is 9.08. The van der Waals surface area contributed by atoms with Crippen LogP contribution in [0.15, 0.2) is 23.0 Å². The first-order valence-corrected chi connectivity index (χ1v) is 5.95. The molecule has 0 saturated carbocycles. The average Bonchev–Trinajstić information content (AvgIpc) is 2.39. The Kier molecular flexibility index (Phi) is 3.50. The highest BCUT2D eigenvalue weighted by Crippen LogP contribution is 2.29. The first kappa shape index (κ1) is 13.1. The zero-order valence-corrected chi connectivity index (χ0v) is 10.7. The van der Waals surface area contributed by atoms with Crippen molar-refractivity contribution in [2.45, 2.75) is 19.8 Å². The predicted octanol–water partition coefficient (Wildman–Crippen LogP) is 2.40. The second-order valence-electron chi connectivity index (χ2n) is 4.20. The summed E-state index contributed by atoms with van der Waals surface area (Å²) in [6, 6.07) is 4.30. The van der Waals surface area contributed by atoms with Crippen LogP contribution in [0.5, 0.6) is 5.75 Å². The van der Waals surface area contributed by atoms with Gasteiger partial charge in [0.25, 0.3) is 11.2 Å². The van der Waals surface area contributed by atoms with Crippen LogP contribution in [0.3, 0.4) is 0 Å². The topological polar surface area (TPSA) is 85.2 Å². The molecular formula is C13H14N2O4. The summed E-state index contributed by atoms with van der Waals surface area (Å²) in [6.45, 7) is 1.95. The van der Waals surface area contributed by atoms with E-state index in [1.165, 1.54) is 25.3 Å². The van der Waals surface area contributed by atoms with Crippen LogP contribution in [0.4, 0.5) is 5.69 Å². The Morgan fingerprint density at radius 1 is 1.42 bits per heavy atom. The number of hydrogen-bond donors (Lipinski definition) is 1. The van der Waals surface area contributed by atoms with Crippen molar-refractivity contribution in [3.63, 3.8) is 0 Å². The lowest BCUT2D eigenvalue weighted by atomic mass is 10.1. The smallest absolute Gasteiger partial charge is 0.270 e. The van der Waals surface area contributed by atoms with Crippen molar-refractivity contribution in [2.75, 3.05) is 7.11 Å². The summed E-state index contributed by atoms with van der Waals surface area (Å²) in [6.07, 6.45) is 1.36. The largest absolute Gasteiger partial charge is 0.496 e. The lowest BCUT2D eigenvalue weighted by Crippen LogP contribution is -2.14. The van der Waals surface area contributed by atoms with Gasteiger partial charge in [-0.25, -0.2) is 0 Å². The number of nitrogens with zero attached hydrogens (tertiary/aromatic N) is 1. The van der Waals surface area contributed by atoms with Gasteiger partial charge in [-0.15, -0.1) is 0 Å². The summed E-state index contributed by atoms with van der Waals surface area (Å²) in [5.74, 6) is 0.421. The van der Waals surface area contributed by atoms with E-state index in [4.69, 9.17) is 4.74 Å². The Morgan fingerprint density at radius 2 is 2.16 bits per heavy atom. The molecule has 2 aromatic rings. The SMILES string of the molecule is CCCc1c(OC)c2cc([N+](=O)[O-])ccc2[nH]c1=O. The molecule has 0 saturated heterocycles. The van der Waals surface area contributed by atoms with Crippen LogP contribution in [-0.2, 0) is 6.42 Å². The van der Waals surface area contributed by atoms with Gasteiger partial charge in [-0.2, -0.15) is 0 Å². The fourth-order valence-electron chi connectivity index (χ4n) is 2.12. The zero-order chi connectivity index (χ0) is 14.0. The third kappa shape index (κ3) is 2.29. The Balaban J connectivity index is 2.80. The Bertz CT molecular complexity index is 691. The minimum atomic E-state index is -0.469. The van der Waals surface area contributed by atoms with Gasteiger partial charge in [0.05, 0.1) is 23.1 Å². The molecule has 0 bridgehead atoms. The second kappa shape index (κ2) is 5.09. The van der Waals surface area contributed by atoms with E-state index in [1.807, 2.05) is 6.92 Å². The lowest BCUT2D eigenvalue weighted by molar-refractivity contribution is -0.384. The van der Waals surface area contributed by atoms with E-state index in [1.54, 1.807) is 0 Å². The number of benzene rings is 1. The molecule has 0 aliphatic carbocycles. The number of rotatable bonds is 4. The fourth-order valence-corrected chi connectivity index (χ4v) is 2.12. The Labute approximate surface area is 109 Å². The van der Waals surface area contributed by atoms with Crippen molar-refractivity contribution in [1.29, 1.82) is 0 Å². The number of aromatic nitrogens is 1. The molecule has 0 spiro atoms. The third-order valence-corrected chi connectivity index (χ3v) is 2.96. The third-order valence-electron chi connectivity index (χ3n) is 2.96. The Hall–Kier alpha value is -2.37. The molecule has 0 unspecified atom stereocenters. The van der Waals surface area contributed by atoms with E-state index in [0.29, 0.717) is 28.6 Å². The van der Waals surface area contributed by atoms with E-state index in [9.17, 15) is 14.9 Å². The van der Waals surface area contributed by atoms with Crippen LogP contribution < -0.4 is 10.3 Å². The van der Waals surface area contributed by atoms with Crippen molar-refractivity contribution in [3.05, 3.63) is 44.2 Å². The summed E-state index contributed by atoms with van der Waals surface area (Å²) in [4.78, 5) is 25.0. The maximum atomic E-state index is 12.0. The number of nitro groups is 1. The monoisotopic (exact) mass is 262 g/mol.